The molecule has 5 aromatic rings. The summed E-state index contributed by atoms with van der Waals surface area (Å²) < 4.78 is 61.5. The molecule has 0 heterocycles. The summed E-state index contributed by atoms with van der Waals surface area (Å²) in [7, 11) is -8.13. The number of anilines is 2. The van der Waals surface area contributed by atoms with E-state index in [-0.39, 0.29) is 34.4 Å². The van der Waals surface area contributed by atoms with Gasteiger partial charge in [-0.3, -0.25) is 0 Å². The number of carbonyl (C=O) groups excluding carboxylic acids is 2. The first kappa shape index (κ1) is 35.4. The molecule has 14 heteroatoms. The van der Waals surface area contributed by atoms with Crippen LogP contribution in [0, 0.1) is 13.8 Å². The van der Waals surface area contributed by atoms with Crippen LogP contribution in [0.2, 0.25) is 0 Å². The van der Waals surface area contributed by atoms with E-state index in [4.69, 9.17) is 8.37 Å². The van der Waals surface area contributed by atoms with E-state index in [2.05, 4.69) is 21.3 Å². The van der Waals surface area contributed by atoms with Crippen LogP contribution >= 0.6 is 0 Å². The Balaban J connectivity index is 1.10. The molecule has 0 bridgehead atoms. The summed E-state index contributed by atoms with van der Waals surface area (Å²) in [6.45, 7) is 3.68. The molecule has 0 aliphatic heterocycles. The molecular formula is C36H34N4O8S2. The Hall–Kier alpha value is -5.86. The van der Waals surface area contributed by atoms with Crippen molar-refractivity contribution in [3.63, 3.8) is 0 Å². The monoisotopic (exact) mass is 714 g/mol. The maximum atomic E-state index is 12.7. The molecule has 0 fully saturated rings. The Morgan fingerprint density at radius 3 is 1.34 bits per heavy atom. The third kappa shape index (κ3) is 9.61. The number of benzene rings is 5. The molecular weight excluding hydrogens is 681 g/mol. The fraction of sp³-hybridized carbons (Fsp3) is 0.111. The van der Waals surface area contributed by atoms with Gasteiger partial charge >= 0.3 is 32.3 Å². The zero-order chi connectivity index (χ0) is 35.7. The number of hydrogen-bond donors (Lipinski definition) is 4. The predicted octanol–water partition coefficient (Wildman–Crippen LogP) is 6.48. The minimum Gasteiger partial charge on any atom is -0.379 e. The number of nitrogens with one attached hydrogen (secondary N) is 4. The van der Waals surface area contributed by atoms with E-state index < -0.39 is 32.3 Å². The lowest BCUT2D eigenvalue weighted by molar-refractivity contribution is 0.251. The van der Waals surface area contributed by atoms with Crippen LogP contribution in [-0.4, -0.2) is 28.9 Å². The molecule has 4 N–H and O–H groups in total. The van der Waals surface area contributed by atoms with Gasteiger partial charge in [0.05, 0.1) is 0 Å². The van der Waals surface area contributed by atoms with Crippen molar-refractivity contribution in [3.05, 3.63) is 144 Å². The van der Waals surface area contributed by atoms with Crippen LogP contribution < -0.4 is 29.6 Å². The summed E-state index contributed by atoms with van der Waals surface area (Å²) in [5, 5.41) is 10.8. The normalized spacial score (nSPS) is 11.2. The number of carbonyl (C=O) groups is 2. The van der Waals surface area contributed by atoms with Gasteiger partial charge in [0.1, 0.15) is 21.3 Å². The van der Waals surface area contributed by atoms with Crippen LogP contribution in [0.4, 0.5) is 21.0 Å². The second-order valence-corrected chi connectivity index (χ2v) is 14.1. The van der Waals surface area contributed by atoms with Crippen LogP contribution in [0.1, 0.15) is 22.3 Å². The van der Waals surface area contributed by atoms with Crippen molar-refractivity contribution in [3.8, 4) is 11.5 Å². The van der Waals surface area contributed by atoms with Gasteiger partial charge in [-0.2, -0.15) is 16.8 Å². The molecule has 0 unspecified atom stereocenters. The van der Waals surface area contributed by atoms with Crippen LogP contribution in [0.15, 0.2) is 131 Å². The van der Waals surface area contributed by atoms with Crippen molar-refractivity contribution in [2.45, 2.75) is 36.7 Å². The fourth-order valence-electron chi connectivity index (χ4n) is 4.83. The van der Waals surface area contributed by atoms with E-state index >= 15 is 0 Å². The van der Waals surface area contributed by atoms with E-state index in [0.29, 0.717) is 22.5 Å². The molecule has 0 saturated carbocycles. The number of amides is 4. The molecule has 0 atom stereocenters. The molecule has 0 aromatic heterocycles. The summed E-state index contributed by atoms with van der Waals surface area (Å²) in [5.74, 6) is 0.0878. The average molecular weight is 715 g/mol. The SMILES string of the molecule is Cc1ccccc1S(=O)(=O)Oc1cccc(NC(=O)NCc2cccc(CNC(=O)Nc3cccc(OS(=O)(=O)c4ccccc4C)c3)c2)c1. The van der Waals surface area contributed by atoms with Crippen molar-refractivity contribution in [1.29, 1.82) is 0 Å². The van der Waals surface area contributed by atoms with Gasteiger partial charge in [0.2, 0.25) is 0 Å². The maximum absolute atomic E-state index is 12.7. The van der Waals surface area contributed by atoms with Crippen LogP contribution in [0.3, 0.4) is 0 Å². The number of urea groups is 2. The molecule has 12 nitrogen and oxygen atoms in total. The fourth-order valence-corrected chi connectivity index (χ4v) is 7.14. The van der Waals surface area contributed by atoms with Crippen LogP contribution in [0.5, 0.6) is 11.5 Å². The summed E-state index contributed by atoms with van der Waals surface area (Å²) in [6.07, 6.45) is 0. The van der Waals surface area contributed by atoms with Gasteiger partial charge < -0.3 is 29.6 Å². The molecule has 0 aliphatic rings. The second-order valence-electron chi connectivity index (χ2n) is 11.1. The van der Waals surface area contributed by atoms with Crippen LogP contribution in [0.25, 0.3) is 0 Å². The van der Waals surface area contributed by atoms with Crippen molar-refractivity contribution in [2.75, 3.05) is 10.6 Å². The van der Waals surface area contributed by atoms with E-state index in [1.807, 2.05) is 18.2 Å². The maximum Gasteiger partial charge on any atom is 0.339 e. The first-order valence-electron chi connectivity index (χ1n) is 15.3. The first-order valence-corrected chi connectivity index (χ1v) is 18.1. The molecule has 0 spiro atoms. The molecule has 50 heavy (non-hydrogen) atoms. The van der Waals surface area contributed by atoms with Crippen molar-refractivity contribution >= 4 is 43.7 Å². The Morgan fingerprint density at radius 2 is 0.920 bits per heavy atom. The molecule has 258 valence electrons. The highest BCUT2D eigenvalue weighted by Gasteiger charge is 2.20. The van der Waals surface area contributed by atoms with Crippen LogP contribution in [-0.2, 0) is 33.3 Å². The predicted molar refractivity (Wildman–Crippen MR) is 189 cm³/mol. The van der Waals surface area contributed by atoms with Gasteiger partial charge in [0.15, 0.2) is 0 Å². The summed E-state index contributed by atoms with van der Waals surface area (Å²) in [5.41, 5.74) is 3.28. The largest absolute Gasteiger partial charge is 0.379 e. The summed E-state index contributed by atoms with van der Waals surface area (Å²) in [6, 6.07) is 31.2. The third-order valence-corrected chi connectivity index (χ3v) is 10.0. The molecule has 4 amide bonds. The Kier molecular flexibility index (Phi) is 11.0. The minimum absolute atomic E-state index is 0.0439. The zero-order valence-corrected chi connectivity index (χ0v) is 28.7. The first-order chi connectivity index (χ1) is 23.9. The summed E-state index contributed by atoms with van der Waals surface area (Å²) >= 11 is 0. The zero-order valence-electron chi connectivity index (χ0n) is 27.0. The number of hydrogen-bond acceptors (Lipinski definition) is 8. The number of aryl methyl sites for hydroxylation is 2. The molecule has 5 rings (SSSR count). The molecule has 0 radical (unpaired) electrons. The smallest absolute Gasteiger partial charge is 0.339 e. The quantitative estimate of drug-likeness (QED) is 0.106. The van der Waals surface area contributed by atoms with Crippen molar-refractivity contribution in [1.82, 2.24) is 10.6 Å². The van der Waals surface area contributed by atoms with Gasteiger partial charge in [0.25, 0.3) is 0 Å². The topological polar surface area (TPSA) is 169 Å². The van der Waals surface area contributed by atoms with Crippen molar-refractivity contribution in [2.24, 2.45) is 0 Å². The standard InChI is InChI=1S/C36H34N4O8S2/c1-25-10-3-5-18-33(25)49(43,44)47-31-16-8-14-29(21-31)39-35(41)37-23-27-12-7-13-28(20-27)24-38-36(42)40-30-15-9-17-32(22-30)48-50(45,46)34-19-6-4-11-26(34)2/h3-22H,23-24H2,1-2H3,(H2,37,39,41)(H2,38,40,42). The van der Waals surface area contributed by atoms with Gasteiger partial charge in [-0.25, -0.2) is 9.59 Å². The van der Waals surface area contributed by atoms with Gasteiger partial charge in [0, 0.05) is 36.6 Å². The van der Waals surface area contributed by atoms with Gasteiger partial charge in [-0.05, 0) is 72.5 Å². The third-order valence-electron chi connectivity index (χ3n) is 7.22. The Labute approximate surface area is 290 Å². The molecule has 0 aliphatic carbocycles. The van der Waals surface area contributed by atoms with E-state index in [1.165, 1.54) is 36.4 Å². The Bertz CT molecular complexity index is 2090. The van der Waals surface area contributed by atoms with Gasteiger partial charge in [-0.15, -0.1) is 0 Å². The number of rotatable bonds is 12. The highest BCUT2D eigenvalue weighted by atomic mass is 32.2. The van der Waals surface area contributed by atoms with E-state index in [0.717, 1.165) is 11.1 Å². The lowest BCUT2D eigenvalue weighted by Gasteiger charge is -2.12. The average Bonchev–Trinajstić information content (AvgIpc) is 3.07. The van der Waals surface area contributed by atoms with Crippen molar-refractivity contribution < 1.29 is 34.8 Å². The Morgan fingerprint density at radius 1 is 0.520 bits per heavy atom. The minimum atomic E-state index is -4.07. The highest BCUT2D eigenvalue weighted by molar-refractivity contribution is 7.87. The van der Waals surface area contributed by atoms with E-state index in [1.54, 1.807) is 80.6 Å². The second kappa shape index (κ2) is 15.6. The lowest BCUT2D eigenvalue weighted by atomic mass is 10.1. The summed E-state index contributed by atoms with van der Waals surface area (Å²) in [4.78, 5) is 25.4. The van der Waals surface area contributed by atoms with Gasteiger partial charge in [-0.1, -0.05) is 72.8 Å². The lowest BCUT2D eigenvalue weighted by Crippen LogP contribution is -2.29. The molecule has 0 saturated heterocycles. The highest BCUT2D eigenvalue weighted by Crippen LogP contribution is 2.25. The van der Waals surface area contributed by atoms with E-state index in [9.17, 15) is 26.4 Å². The molecule has 5 aromatic carbocycles.